The Labute approximate surface area is 162 Å². The summed E-state index contributed by atoms with van der Waals surface area (Å²) < 4.78 is 30.1. The highest BCUT2D eigenvalue weighted by Gasteiger charge is 2.59. The van der Waals surface area contributed by atoms with Crippen LogP contribution in [0.2, 0.25) is 0 Å². The zero-order chi connectivity index (χ0) is 21.1. The zero-order valence-corrected chi connectivity index (χ0v) is 17.5. The van der Waals surface area contributed by atoms with E-state index in [2.05, 4.69) is 4.98 Å². The minimum atomic E-state index is -3.71. The van der Waals surface area contributed by atoms with Gasteiger partial charge in [0.15, 0.2) is 0 Å². The van der Waals surface area contributed by atoms with Crippen molar-refractivity contribution in [3.63, 3.8) is 0 Å². The molecule has 2 atom stereocenters. The van der Waals surface area contributed by atoms with Crippen LogP contribution in [0.1, 0.15) is 32.8 Å². The van der Waals surface area contributed by atoms with Gasteiger partial charge in [0.25, 0.3) is 11.3 Å². The zero-order valence-electron chi connectivity index (χ0n) is 16.6. The molecule has 1 aliphatic heterocycles. The van der Waals surface area contributed by atoms with Gasteiger partial charge in [-0.3, -0.25) is 23.7 Å². The lowest BCUT2D eigenvalue weighted by atomic mass is 10.1. The highest BCUT2D eigenvalue weighted by atomic mass is 31.2. The summed E-state index contributed by atoms with van der Waals surface area (Å²) in [5, 5.41) is 1.18. The van der Waals surface area contributed by atoms with E-state index in [1.165, 1.54) is 25.2 Å². The van der Waals surface area contributed by atoms with Crippen molar-refractivity contribution in [2.75, 3.05) is 26.9 Å². The smallest absolute Gasteiger partial charge is 0.362 e. The fourth-order valence-corrected chi connectivity index (χ4v) is 5.09. The van der Waals surface area contributed by atoms with E-state index in [0.717, 1.165) is 4.57 Å². The van der Waals surface area contributed by atoms with Crippen LogP contribution in [-0.4, -0.2) is 53.2 Å². The van der Waals surface area contributed by atoms with Crippen LogP contribution in [0, 0.1) is 6.92 Å². The molecule has 0 spiro atoms. The molecule has 12 heteroatoms. The fourth-order valence-electron chi connectivity index (χ4n) is 3.03. The number of hydrogen-bond acceptors (Lipinski definition) is 9. The molecule has 0 radical (unpaired) electrons. The SMILES string of the molecule is CCOC(=O)[C@@]1(n2cc(C)c(=O)[nH]c2=O)C[C@H](P(=O)(OCC)OCC)N(C)O1. The number of ether oxygens (including phenoxy) is 1. The predicted molar refractivity (Wildman–Crippen MR) is 98.8 cm³/mol. The minimum absolute atomic E-state index is 0.0317. The van der Waals surface area contributed by atoms with E-state index in [1.54, 1.807) is 20.8 Å². The number of nitrogens with one attached hydrogen (secondary N) is 1. The lowest BCUT2D eigenvalue weighted by Gasteiger charge is -2.27. The molecule has 1 aromatic rings. The van der Waals surface area contributed by atoms with E-state index in [1.807, 2.05) is 0 Å². The van der Waals surface area contributed by atoms with E-state index in [9.17, 15) is 18.9 Å². The number of aryl methyl sites for hydroxylation is 1. The van der Waals surface area contributed by atoms with E-state index in [0.29, 0.717) is 0 Å². The second-order valence-corrected chi connectivity index (χ2v) is 8.34. The summed E-state index contributed by atoms with van der Waals surface area (Å²) in [5.74, 6) is -1.84. The molecule has 0 unspecified atom stereocenters. The van der Waals surface area contributed by atoms with Crippen molar-refractivity contribution in [3.8, 4) is 0 Å². The molecule has 1 fully saturated rings. The van der Waals surface area contributed by atoms with E-state index in [-0.39, 0.29) is 31.8 Å². The molecule has 0 aliphatic carbocycles. The molecule has 0 bridgehead atoms. The van der Waals surface area contributed by atoms with Gasteiger partial charge in [0.1, 0.15) is 5.78 Å². The van der Waals surface area contributed by atoms with Crippen molar-refractivity contribution in [2.24, 2.45) is 0 Å². The lowest BCUT2D eigenvalue weighted by molar-refractivity contribution is -0.235. The monoisotopic (exact) mass is 419 g/mol. The lowest BCUT2D eigenvalue weighted by Crippen LogP contribution is -2.50. The molecule has 28 heavy (non-hydrogen) atoms. The topological polar surface area (TPSA) is 129 Å². The summed E-state index contributed by atoms with van der Waals surface area (Å²) in [6.45, 7) is 6.68. The number of nitrogens with zero attached hydrogens (tertiary/aromatic N) is 2. The number of esters is 1. The number of carbonyl (C=O) groups excluding carboxylic acids is 1. The van der Waals surface area contributed by atoms with Gasteiger partial charge in [0.05, 0.1) is 19.8 Å². The predicted octanol–water partition coefficient (Wildman–Crippen LogP) is 0.920. The third-order valence-corrected chi connectivity index (χ3v) is 6.73. The summed E-state index contributed by atoms with van der Waals surface area (Å²) >= 11 is 0. The summed E-state index contributed by atoms with van der Waals surface area (Å²) in [4.78, 5) is 45.0. The van der Waals surface area contributed by atoms with Gasteiger partial charge in [-0.05, 0) is 27.7 Å². The van der Waals surface area contributed by atoms with Crippen LogP contribution >= 0.6 is 7.60 Å². The molecular formula is C16H26N3O8P. The number of rotatable bonds is 8. The number of aromatic amines is 1. The van der Waals surface area contributed by atoms with E-state index in [4.69, 9.17) is 18.6 Å². The van der Waals surface area contributed by atoms with Gasteiger partial charge in [0.2, 0.25) is 0 Å². The van der Waals surface area contributed by atoms with E-state index < -0.39 is 36.3 Å². The second-order valence-electron chi connectivity index (χ2n) is 6.14. The van der Waals surface area contributed by atoms with Gasteiger partial charge in [-0.2, -0.15) is 5.06 Å². The van der Waals surface area contributed by atoms with Gasteiger partial charge in [-0.15, -0.1) is 0 Å². The maximum Gasteiger partial charge on any atom is 0.362 e. The van der Waals surface area contributed by atoms with Crippen molar-refractivity contribution < 1.29 is 28.0 Å². The summed E-state index contributed by atoms with van der Waals surface area (Å²) in [7, 11) is -2.25. The summed E-state index contributed by atoms with van der Waals surface area (Å²) in [6, 6.07) is 0. The van der Waals surface area contributed by atoms with Crippen molar-refractivity contribution in [3.05, 3.63) is 32.6 Å². The van der Waals surface area contributed by atoms with Gasteiger partial charge in [-0.25, -0.2) is 9.59 Å². The Balaban J connectivity index is 2.62. The molecule has 0 saturated carbocycles. The van der Waals surface area contributed by atoms with Crippen molar-refractivity contribution in [1.82, 2.24) is 14.6 Å². The Hall–Kier alpha value is -1.78. The molecule has 2 heterocycles. The highest BCUT2D eigenvalue weighted by Crippen LogP contribution is 2.59. The maximum atomic E-state index is 13.3. The Morgan fingerprint density at radius 3 is 2.43 bits per heavy atom. The van der Waals surface area contributed by atoms with Gasteiger partial charge >= 0.3 is 19.3 Å². The molecular weight excluding hydrogens is 393 g/mol. The van der Waals surface area contributed by atoms with Crippen LogP contribution in [-0.2, 0) is 33.7 Å². The molecule has 1 aromatic heterocycles. The van der Waals surface area contributed by atoms with Crippen molar-refractivity contribution in [2.45, 2.75) is 45.6 Å². The first-order chi connectivity index (χ1) is 13.1. The Morgan fingerprint density at radius 1 is 1.29 bits per heavy atom. The first kappa shape index (κ1) is 22.5. The average Bonchev–Trinajstić information content (AvgIpc) is 2.98. The standard InChI is InChI=1S/C16H26N3O8P/c1-6-24-14(21)16(19-10-11(4)13(20)17-15(19)22)9-12(18(5)27-16)28(23,25-7-2)26-8-3/h10,12H,6-9H2,1-5H3,(H,17,20,22)/t12-,16+/m0/s1. The molecule has 1 saturated heterocycles. The third kappa shape index (κ3) is 3.99. The van der Waals surface area contributed by atoms with Crippen LogP contribution in [0.5, 0.6) is 0 Å². The fraction of sp³-hybridized carbons (Fsp3) is 0.688. The van der Waals surface area contributed by atoms with Crippen LogP contribution in [0.25, 0.3) is 0 Å². The number of carbonyl (C=O) groups is 1. The Morgan fingerprint density at radius 2 is 1.89 bits per heavy atom. The first-order valence-corrected chi connectivity index (χ1v) is 10.6. The third-order valence-electron chi connectivity index (χ3n) is 4.26. The Kier molecular flexibility index (Phi) is 7.00. The number of aromatic nitrogens is 2. The molecule has 0 aromatic carbocycles. The highest BCUT2D eigenvalue weighted by molar-refractivity contribution is 7.54. The van der Waals surface area contributed by atoms with Crippen molar-refractivity contribution >= 4 is 13.6 Å². The maximum absolute atomic E-state index is 13.3. The van der Waals surface area contributed by atoms with Crippen LogP contribution < -0.4 is 11.2 Å². The van der Waals surface area contributed by atoms with Gasteiger partial charge in [0, 0.05) is 25.2 Å². The summed E-state index contributed by atoms with van der Waals surface area (Å²) in [6.07, 6.45) is 0.964. The molecule has 158 valence electrons. The van der Waals surface area contributed by atoms with E-state index >= 15 is 0 Å². The molecule has 11 nitrogen and oxygen atoms in total. The number of hydroxylamine groups is 2. The quantitative estimate of drug-likeness (QED) is 0.483. The average molecular weight is 419 g/mol. The molecule has 1 aliphatic rings. The molecule has 0 amide bonds. The first-order valence-electron chi connectivity index (χ1n) is 8.96. The molecule has 1 N–H and O–H groups in total. The molecule has 2 rings (SSSR count). The van der Waals surface area contributed by atoms with Gasteiger partial charge < -0.3 is 13.8 Å². The second kappa shape index (κ2) is 8.71. The van der Waals surface area contributed by atoms with Crippen LogP contribution in [0.4, 0.5) is 0 Å². The van der Waals surface area contributed by atoms with Crippen molar-refractivity contribution in [1.29, 1.82) is 0 Å². The number of hydrogen-bond donors (Lipinski definition) is 1. The van der Waals surface area contributed by atoms with Gasteiger partial charge in [-0.1, -0.05) is 0 Å². The normalized spacial score (nSPS) is 23.1. The largest absolute Gasteiger partial charge is 0.462 e. The number of H-pyrrole nitrogens is 1. The summed E-state index contributed by atoms with van der Waals surface area (Å²) in [5.41, 5.74) is -3.22. The van der Waals surface area contributed by atoms with Crippen LogP contribution in [0.3, 0.4) is 0 Å². The van der Waals surface area contributed by atoms with Crippen LogP contribution in [0.15, 0.2) is 15.8 Å². The Bertz CT molecular complexity index is 871. The minimum Gasteiger partial charge on any atom is -0.462 e.